The Morgan fingerprint density at radius 2 is 2.04 bits per heavy atom. The Balaban J connectivity index is 1.66. The fourth-order valence-electron chi connectivity index (χ4n) is 3.15. The van der Waals surface area contributed by atoms with Crippen molar-refractivity contribution in [3.05, 3.63) is 58.7 Å². The van der Waals surface area contributed by atoms with Crippen molar-refractivity contribution in [2.24, 2.45) is 0 Å². The van der Waals surface area contributed by atoms with Gasteiger partial charge in [0.15, 0.2) is 0 Å². The zero-order chi connectivity index (χ0) is 18.6. The number of aliphatic hydroxyl groups is 1. The Morgan fingerprint density at radius 1 is 1.31 bits per heavy atom. The Bertz CT molecular complexity index is 822. The summed E-state index contributed by atoms with van der Waals surface area (Å²) in [5.41, 5.74) is 0.313. The fraction of sp³-hybridized carbons (Fsp3) is 0.300. The first-order valence-electron chi connectivity index (χ1n) is 8.43. The molecule has 0 atom stereocenters. The van der Waals surface area contributed by atoms with Crippen LogP contribution < -0.4 is 10.2 Å². The number of anilines is 1. The minimum Gasteiger partial charge on any atom is -0.385 e. The number of pyridine rings is 1. The predicted octanol–water partition coefficient (Wildman–Crippen LogP) is 2.59. The van der Waals surface area contributed by atoms with Gasteiger partial charge in [-0.15, -0.1) is 6.42 Å². The Labute approximate surface area is 158 Å². The second-order valence-corrected chi connectivity index (χ2v) is 6.70. The van der Waals surface area contributed by atoms with Gasteiger partial charge in [-0.05, 0) is 31.0 Å². The Morgan fingerprint density at radius 3 is 2.65 bits per heavy atom. The van der Waals surface area contributed by atoms with Crippen molar-refractivity contribution in [1.82, 2.24) is 10.3 Å². The molecule has 1 saturated heterocycles. The highest BCUT2D eigenvalue weighted by molar-refractivity contribution is 6.31. The van der Waals surface area contributed by atoms with Crippen LogP contribution in [-0.4, -0.2) is 35.6 Å². The molecule has 1 aliphatic heterocycles. The summed E-state index contributed by atoms with van der Waals surface area (Å²) in [4.78, 5) is 18.3. The molecule has 1 aromatic heterocycles. The van der Waals surface area contributed by atoms with Crippen LogP contribution in [0.2, 0.25) is 5.02 Å². The second-order valence-electron chi connectivity index (χ2n) is 6.29. The van der Waals surface area contributed by atoms with Crippen molar-refractivity contribution < 1.29 is 9.90 Å². The van der Waals surface area contributed by atoms with Crippen LogP contribution in [-0.2, 0) is 5.60 Å². The monoisotopic (exact) mass is 369 g/mol. The fourth-order valence-corrected chi connectivity index (χ4v) is 3.47. The van der Waals surface area contributed by atoms with E-state index in [9.17, 15) is 9.90 Å². The highest BCUT2D eigenvalue weighted by atomic mass is 35.5. The molecule has 134 valence electrons. The number of nitrogens with zero attached hydrogens (tertiary/aromatic N) is 2. The van der Waals surface area contributed by atoms with E-state index in [0.717, 1.165) is 11.4 Å². The molecule has 2 aromatic rings. The van der Waals surface area contributed by atoms with Crippen LogP contribution in [0.3, 0.4) is 0 Å². The SMILES string of the molecule is C#CCNC(=O)c1ccc(N2CCC(O)(c3ccccc3Cl)CC2)nc1. The number of hydrogen-bond donors (Lipinski definition) is 2. The standard InChI is InChI=1S/C20H20ClN3O2/c1-2-11-22-19(25)15-7-8-18(23-14-15)24-12-9-20(26,10-13-24)16-5-3-4-6-17(16)21/h1,3-8,14,26H,9-13H2,(H,22,25). The molecule has 0 radical (unpaired) electrons. The van der Waals surface area contributed by atoms with Gasteiger partial charge in [0.25, 0.3) is 5.91 Å². The topological polar surface area (TPSA) is 65.5 Å². The normalized spacial score (nSPS) is 16.0. The lowest BCUT2D eigenvalue weighted by Gasteiger charge is -2.39. The summed E-state index contributed by atoms with van der Waals surface area (Å²) in [7, 11) is 0. The van der Waals surface area contributed by atoms with Gasteiger partial charge >= 0.3 is 0 Å². The molecule has 3 rings (SSSR count). The number of aromatic nitrogens is 1. The molecule has 1 fully saturated rings. The summed E-state index contributed by atoms with van der Waals surface area (Å²) in [6.07, 6.45) is 7.79. The summed E-state index contributed by atoms with van der Waals surface area (Å²) < 4.78 is 0. The van der Waals surface area contributed by atoms with Gasteiger partial charge in [0.2, 0.25) is 0 Å². The third-order valence-corrected chi connectivity index (χ3v) is 4.98. The van der Waals surface area contributed by atoms with E-state index < -0.39 is 5.60 Å². The maximum Gasteiger partial charge on any atom is 0.253 e. The number of piperidine rings is 1. The predicted molar refractivity (Wildman–Crippen MR) is 102 cm³/mol. The van der Waals surface area contributed by atoms with Crippen molar-refractivity contribution in [1.29, 1.82) is 0 Å². The van der Waals surface area contributed by atoms with Crippen LogP contribution >= 0.6 is 11.6 Å². The number of halogens is 1. The highest BCUT2D eigenvalue weighted by Gasteiger charge is 2.35. The first-order valence-corrected chi connectivity index (χ1v) is 8.81. The van der Waals surface area contributed by atoms with Gasteiger partial charge in [0.1, 0.15) is 5.82 Å². The van der Waals surface area contributed by atoms with E-state index in [0.29, 0.717) is 36.5 Å². The van der Waals surface area contributed by atoms with Crippen LogP contribution in [0.4, 0.5) is 5.82 Å². The highest BCUT2D eigenvalue weighted by Crippen LogP contribution is 2.37. The minimum atomic E-state index is -0.927. The summed E-state index contributed by atoms with van der Waals surface area (Å²) >= 11 is 6.25. The van der Waals surface area contributed by atoms with Crippen LogP contribution in [0.5, 0.6) is 0 Å². The second kappa shape index (κ2) is 7.77. The number of carbonyl (C=O) groups is 1. The summed E-state index contributed by atoms with van der Waals surface area (Å²) in [5, 5.41) is 14.2. The van der Waals surface area contributed by atoms with Gasteiger partial charge in [0.05, 0.1) is 17.7 Å². The number of terminal acetylenes is 1. The van der Waals surface area contributed by atoms with Crippen molar-refractivity contribution in [3.8, 4) is 12.3 Å². The van der Waals surface area contributed by atoms with Gasteiger partial charge in [-0.1, -0.05) is 35.7 Å². The van der Waals surface area contributed by atoms with E-state index in [1.807, 2.05) is 24.3 Å². The Hall–Kier alpha value is -2.55. The van der Waals surface area contributed by atoms with Crippen LogP contribution in [0, 0.1) is 12.3 Å². The summed E-state index contributed by atoms with van der Waals surface area (Å²) in [6, 6.07) is 11.0. The molecule has 6 heteroatoms. The number of nitrogens with one attached hydrogen (secondary N) is 1. The summed E-state index contributed by atoms with van der Waals surface area (Å²) in [6.45, 7) is 1.49. The number of rotatable bonds is 4. The van der Waals surface area contributed by atoms with E-state index in [4.69, 9.17) is 18.0 Å². The first kappa shape index (κ1) is 18.2. The third kappa shape index (κ3) is 3.82. The average molecular weight is 370 g/mol. The lowest BCUT2D eigenvalue weighted by Crippen LogP contribution is -2.43. The van der Waals surface area contributed by atoms with Gasteiger partial charge in [-0.3, -0.25) is 4.79 Å². The average Bonchev–Trinajstić information content (AvgIpc) is 2.67. The van der Waals surface area contributed by atoms with Crippen molar-refractivity contribution in [3.63, 3.8) is 0 Å². The molecular weight excluding hydrogens is 350 g/mol. The van der Waals surface area contributed by atoms with Gasteiger partial charge in [0, 0.05) is 29.9 Å². The van der Waals surface area contributed by atoms with Crippen LogP contribution in [0.25, 0.3) is 0 Å². The Kier molecular flexibility index (Phi) is 5.46. The molecule has 0 aliphatic carbocycles. The van der Waals surface area contributed by atoms with Crippen LogP contribution in [0.15, 0.2) is 42.6 Å². The molecule has 2 heterocycles. The minimum absolute atomic E-state index is 0.188. The quantitative estimate of drug-likeness (QED) is 0.813. The molecule has 0 spiro atoms. The molecule has 0 bridgehead atoms. The number of hydrogen-bond acceptors (Lipinski definition) is 4. The molecule has 5 nitrogen and oxygen atoms in total. The maximum absolute atomic E-state index is 11.9. The van der Waals surface area contributed by atoms with Crippen molar-refractivity contribution >= 4 is 23.3 Å². The lowest BCUT2D eigenvalue weighted by molar-refractivity contribution is 0.0117. The van der Waals surface area contributed by atoms with E-state index in [1.54, 1.807) is 12.1 Å². The van der Waals surface area contributed by atoms with E-state index in [-0.39, 0.29) is 12.5 Å². The number of amides is 1. The van der Waals surface area contributed by atoms with E-state index in [1.165, 1.54) is 6.20 Å². The van der Waals surface area contributed by atoms with Crippen molar-refractivity contribution in [2.45, 2.75) is 18.4 Å². The maximum atomic E-state index is 11.9. The number of benzene rings is 1. The van der Waals surface area contributed by atoms with E-state index in [2.05, 4.69) is 21.1 Å². The molecule has 1 aromatic carbocycles. The lowest BCUT2D eigenvalue weighted by atomic mass is 9.84. The largest absolute Gasteiger partial charge is 0.385 e. The van der Waals surface area contributed by atoms with Gasteiger partial charge < -0.3 is 15.3 Å². The molecule has 1 amide bonds. The molecule has 1 aliphatic rings. The zero-order valence-corrected chi connectivity index (χ0v) is 15.0. The smallest absolute Gasteiger partial charge is 0.253 e. The number of carbonyl (C=O) groups excluding carboxylic acids is 1. The molecule has 2 N–H and O–H groups in total. The zero-order valence-electron chi connectivity index (χ0n) is 14.3. The van der Waals surface area contributed by atoms with Gasteiger partial charge in [-0.25, -0.2) is 4.98 Å². The molecule has 0 unspecified atom stereocenters. The van der Waals surface area contributed by atoms with Crippen LogP contribution in [0.1, 0.15) is 28.8 Å². The molecular formula is C20H20ClN3O2. The van der Waals surface area contributed by atoms with Gasteiger partial charge in [-0.2, -0.15) is 0 Å². The molecule has 0 saturated carbocycles. The summed E-state index contributed by atoms with van der Waals surface area (Å²) in [5.74, 6) is 2.90. The third-order valence-electron chi connectivity index (χ3n) is 4.65. The van der Waals surface area contributed by atoms with E-state index >= 15 is 0 Å². The first-order chi connectivity index (χ1) is 12.5. The van der Waals surface area contributed by atoms with Crippen molar-refractivity contribution in [2.75, 3.05) is 24.5 Å². The molecule has 26 heavy (non-hydrogen) atoms.